The lowest BCUT2D eigenvalue weighted by atomic mass is 10.1. The molecular weight excluding hydrogens is 297 g/mol. The standard InChI is InChI=1S/C17H26FN3O2/c1-11-7-8-13(9-14(11)18)19-16(23)12(2)21(6)10-15(22)20-17(3,4)5/h7-9,12H,10H2,1-6H3,(H,19,23)(H,20,22). The van der Waals surface area contributed by atoms with Gasteiger partial charge in [0.2, 0.25) is 11.8 Å². The van der Waals surface area contributed by atoms with Crippen LogP contribution in [-0.4, -0.2) is 41.9 Å². The third-order valence-electron chi connectivity index (χ3n) is 3.39. The molecule has 23 heavy (non-hydrogen) atoms. The second-order valence-corrected chi connectivity index (χ2v) is 6.84. The van der Waals surface area contributed by atoms with Crippen LogP contribution < -0.4 is 10.6 Å². The predicted molar refractivity (Wildman–Crippen MR) is 89.8 cm³/mol. The molecule has 5 nitrogen and oxygen atoms in total. The predicted octanol–water partition coefficient (Wildman–Crippen LogP) is 2.31. The number of carbonyl (C=O) groups excluding carboxylic acids is 2. The molecule has 0 aliphatic heterocycles. The molecule has 0 aliphatic carbocycles. The Bertz CT molecular complexity index is 582. The summed E-state index contributed by atoms with van der Waals surface area (Å²) < 4.78 is 13.5. The van der Waals surface area contributed by atoms with Gasteiger partial charge in [-0.1, -0.05) is 6.07 Å². The maximum absolute atomic E-state index is 13.5. The van der Waals surface area contributed by atoms with Gasteiger partial charge in [-0.05, 0) is 59.4 Å². The lowest BCUT2D eigenvalue weighted by Gasteiger charge is -2.26. The molecule has 0 saturated heterocycles. The number of anilines is 1. The van der Waals surface area contributed by atoms with Crippen molar-refractivity contribution in [3.05, 3.63) is 29.6 Å². The first-order chi connectivity index (χ1) is 10.5. The van der Waals surface area contributed by atoms with Gasteiger partial charge in [0.1, 0.15) is 5.82 Å². The molecule has 0 aliphatic rings. The molecule has 6 heteroatoms. The Morgan fingerprint density at radius 2 is 1.91 bits per heavy atom. The molecule has 0 aromatic heterocycles. The third kappa shape index (κ3) is 6.36. The van der Waals surface area contributed by atoms with Gasteiger partial charge in [0.05, 0.1) is 12.6 Å². The van der Waals surface area contributed by atoms with E-state index in [1.165, 1.54) is 6.07 Å². The zero-order valence-electron chi connectivity index (χ0n) is 14.7. The number of amides is 2. The first-order valence-corrected chi connectivity index (χ1v) is 7.58. The Morgan fingerprint density at radius 3 is 2.43 bits per heavy atom. The zero-order valence-corrected chi connectivity index (χ0v) is 14.7. The van der Waals surface area contributed by atoms with Crippen LogP contribution in [0.15, 0.2) is 18.2 Å². The molecule has 2 N–H and O–H groups in total. The molecule has 128 valence electrons. The number of nitrogens with zero attached hydrogens (tertiary/aromatic N) is 1. The van der Waals surface area contributed by atoms with Gasteiger partial charge in [0, 0.05) is 11.2 Å². The molecule has 1 unspecified atom stereocenters. The Morgan fingerprint density at radius 1 is 1.30 bits per heavy atom. The van der Waals surface area contributed by atoms with Crippen molar-refractivity contribution in [1.82, 2.24) is 10.2 Å². The summed E-state index contributed by atoms with van der Waals surface area (Å²) in [4.78, 5) is 25.8. The fourth-order valence-corrected chi connectivity index (χ4v) is 1.94. The molecule has 0 radical (unpaired) electrons. The van der Waals surface area contributed by atoms with Crippen LogP contribution in [0, 0.1) is 12.7 Å². The molecular formula is C17H26FN3O2. The Kier molecular flexibility index (Phi) is 6.27. The summed E-state index contributed by atoms with van der Waals surface area (Å²) in [7, 11) is 1.70. The van der Waals surface area contributed by atoms with E-state index in [-0.39, 0.29) is 29.7 Å². The molecule has 1 aromatic carbocycles. The summed E-state index contributed by atoms with van der Waals surface area (Å²) in [6.07, 6.45) is 0. The van der Waals surface area contributed by atoms with Gasteiger partial charge in [0.15, 0.2) is 0 Å². The molecule has 0 spiro atoms. The molecule has 0 heterocycles. The van der Waals surface area contributed by atoms with Gasteiger partial charge in [-0.2, -0.15) is 0 Å². The van der Waals surface area contributed by atoms with Gasteiger partial charge in [-0.3, -0.25) is 14.5 Å². The minimum absolute atomic E-state index is 0.105. The number of halogens is 1. The molecule has 1 rings (SSSR count). The van der Waals surface area contributed by atoms with E-state index in [9.17, 15) is 14.0 Å². The van der Waals surface area contributed by atoms with E-state index in [2.05, 4.69) is 10.6 Å². The summed E-state index contributed by atoms with van der Waals surface area (Å²) in [6, 6.07) is 4.02. The fourth-order valence-electron chi connectivity index (χ4n) is 1.94. The average Bonchev–Trinajstić information content (AvgIpc) is 2.39. The topological polar surface area (TPSA) is 61.4 Å². The number of rotatable bonds is 5. The molecule has 0 fully saturated rings. The molecule has 2 amide bonds. The van der Waals surface area contributed by atoms with Crippen molar-refractivity contribution in [3.8, 4) is 0 Å². The highest BCUT2D eigenvalue weighted by atomic mass is 19.1. The minimum Gasteiger partial charge on any atom is -0.350 e. The SMILES string of the molecule is Cc1ccc(NC(=O)C(C)N(C)CC(=O)NC(C)(C)C)cc1F. The smallest absolute Gasteiger partial charge is 0.241 e. The van der Waals surface area contributed by atoms with Crippen molar-refractivity contribution in [2.75, 3.05) is 18.9 Å². The van der Waals surface area contributed by atoms with Crippen LogP contribution in [0.3, 0.4) is 0 Å². The van der Waals surface area contributed by atoms with Gasteiger partial charge < -0.3 is 10.6 Å². The average molecular weight is 323 g/mol. The maximum atomic E-state index is 13.5. The molecule has 0 bridgehead atoms. The van der Waals surface area contributed by atoms with Crippen LogP contribution in [0.25, 0.3) is 0 Å². The molecule has 1 atom stereocenters. The van der Waals surface area contributed by atoms with Crippen molar-refractivity contribution in [2.24, 2.45) is 0 Å². The van der Waals surface area contributed by atoms with E-state index < -0.39 is 6.04 Å². The van der Waals surface area contributed by atoms with Crippen molar-refractivity contribution < 1.29 is 14.0 Å². The molecule has 1 aromatic rings. The van der Waals surface area contributed by atoms with E-state index in [0.29, 0.717) is 11.3 Å². The summed E-state index contributed by atoms with van der Waals surface area (Å²) >= 11 is 0. The summed E-state index contributed by atoms with van der Waals surface area (Å²) in [5.41, 5.74) is 0.604. The highest BCUT2D eigenvalue weighted by Crippen LogP contribution is 2.14. The number of hydrogen-bond acceptors (Lipinski definition) is 3. The van der Waals surface area contributed by atoms with Gasteiger partial charge in [0.25, 0.3) is 0 Å². The summed E-state index contributed by atoms with van der Waals surface area (Å²) in [5, 5.41) is 5.51. The van der Waals surface area contributed by atoms with Crippen molar-refractivity contribution in [3.63, 3.8) is 0 Å². The van der Waals surface area contributed by atoms with E-state index in [0.717, 1.165) is 0 Å². The summed E-state index contributed by atoms with van der Waals surface area (Å²) in [6.45, 7) is 9.15. The third-order valence-corrected chi connectivity index (χ3v) is 3.39. The number of carbonyl (C=O) groups is 2. The van der Waals surface area contributed by atoms with Crippen molar-refractivity contribution in [1.29, 1.82) is 0 Å². The summed E-state index contributed by atoms with van der Waals surface area (Å²) in [5.74, 6) is -0.811. The number of benzene rings is 1. The lowest BCUT2D eigenvalue weighted by molar-refractivity contribution is -0.125. The van der Waals surface area contributed by atoms with E-state index >= 15 is 0 Å². The molecule has 0 saturated carbocycles. The lowest BCUT2D eigenvalue weighted by Crippen LogP contribution is -2.49. The second-order valence-electron chi connectivity index (χ2n) is 6.84. The number of nitrogens with one attached hydrogen (secondary N) is 2. The Balaban J connectivity index is 2.61. The van der Waals surface area contributed by atoms with E-state index in [1.54, 1.807) is 37.9 Å². The fraction of sp³-hybridized carbons (Fsp3) is 0.529. The van der Waals surface area contributed by atoms with Crippen LogP contribution >= 0.6 is 0 Å². The van der Waals surface area contributed by atoms with Crippen LogP contribution in [0.5, 0.6) is 0 Å². The first kappa shape index (κ1) is 19.1. The normalized spacial score (nSPS) is 12.9. The van der Waals surface area contributed by atoms with Crippen molar-refractivity contribution in [2.45, 2.75) is 46.2 Å². The Labute approximate surface area is 137 Å². The monoisotopic (exact) mass is 323 g/mol. The van der Waals surface area contributed by atoms with Crippen LogP contribution in [-0.2, 0) is 9.59 Å². The Hall–Kier alpha value is -1.95. The maximum Gasteiger partial charge on any atom is 0.241 e. The van der Waals surface area contributed by atoms with Crippen LogP contribution in [0.4, 0.5) is 10.1 Å². The van der Waals surface area contributed by atoms with Crippen molar-refractivity contribution >= 4 is 17.5 Å². The van der Waals surface area contributed by atoms with Crippen LogP contribution in [0.1, 0.15) is 33.3 Å². The number of aryl methyl sites for hydroxylation is 1. The quantitative estimate of drug-likeness (QED) is 0.874. The van der Waals surface area contributed by atoms with E-state index in [1.807, 2.05) is 20.8 Å². The highest BCUT2D eigenvalue weighted by molar-refractivity contribution is 5.95. The highest BCUT2D eigenvalue weighted by Gasteiger charge is 2.22. The van der Waals surface area contributed by atoms with E-state index in [4.69, 9.17) is 0 Å². The first-order valence-electron chi connectivity index (χ1n) is 7.58. The zero-order chi connectivity index (χ0) is 17.8. The van der Waals surface area contributed by atoms with Gasteiger partial charge in [-0.25, -0.2) is 4.39 Å². The second kappa shape index (κ2) is 7.55. The van der Waals surface area contributed by atoms with Gasteiger partial charge in [-0.15, -0.1) is 0 Å². The number of hydrogen-bond donors (Lipinski definition) is 2. The minimum atomic E-state index is -0.523. The largest absolute Gasteiger partial charge is 0.350 e. The number of likely N-dealkylation sites (N-methyl/N-ethyl adjacent to an activating group) is 1. The van der Waals surface area contributed by atoms with Crippen LogP contribution in [0.2, 0.25) is 0 Å². The van der Waals surface area contributed by atoms with Gasteiger partial charge >= 0.3 is 0 Å².